The molecule has 2 heteroatoms. The summed E-state index contributed by atoms with van der Waals surface area (Å²) < 4.78 is 0. The van der Waals surface area contributed by atoms with Gasteiger partial charge in [-0.15, -0.1) is 0 Å². The summed E-state index contributed by atoms with van der Waals surface area (Å²) in [6.45, 7) is 12.8. The van der Waals surface area contributed by atoms with E-state index in [9.17, 15) is 5.11 Å². The minimum atomic E-state index is 0.0881. The Kier molecular flexibility index (Phi) is 5.67. The van der Waals surface area contributed by atoms with Gasteiger partial charge in [0.25, 0.3) is 0 Å². The van der Waals surface area contributed by atoms with E-state index in [2.05, 4.69) is 39.9 Å². The highest BCUT2D eigenvalue weighted by atomic mass is 16.3. The van der Waals surface area contributed by atoms with Gasteiger partial charge in [0, 0.05) is 24.6 Å². The Morgan fingerprint density at radius 2 is 1.83 bits per heavy atom. The summed E-state index contributed by atoms with van der Waals surface area (Å²) in [5, 5.41) is 13.4. The molecule has 1 aliphatic carbocycles. The topological polar surface area (TPSA) is 32.3 Å². The Morgan fingerprint density at radius 1 is 1.22 bits per heavy atom. The standard InChI is InChI=1S/C16H33NO/c1-6-16(7-2,12-18)11-17-14-8-13(3)9-15(4,5)10-14/h13-14,17-18H,6-12H2,1-5H3. The van der Waals surface area contributed by atoms with Crippen molar-refractivity contribution >= 4 is 0 Å². The zero-order valence-electron chi connectivity index (χ0n) is 13.1. The predicted octanol–water partition coefficient (Wildman–Crippen LogP) is 3.59. The van der Waals surface area contributed by atoms with Crippen LogP contribution in [0.3, 0.4) is 0 Å². The summed E-state index contributed by atoms with van der Waals surface area (Å²) in [6, 6.07) is 0.632. The monoisotopic (exact) mass is 255 g/mol. The molecule has 108 valence electrons. The van der Waals surface area contributed by atoms with Gasteiger partial charge in [-0.1, -0.05) is 34.6 Å². The van der Waals surface area contributed by atoms with E-state index in [1.807, 2.05) is 0 Å². The fourth-order valence-electron chi connectivity index (χ4n) is 3.64. The molecule has 0 bridgehead atoms. The van der Waals surface area contributed by atoms with Gasteiger partial charge < -0.3 is 10.4 Å². The normalized spacial score (nSPS) is 28.3. The third-order valence-electron chi connectivity index (χ3n) is 4.99. The highest BCUT2D eigenvalue weighted by Crippen LogP contribution is 2.38. The third-order valence-corrected chi connectivity index (χ3v) is 4.99. The first-order valence-electron chi connectivity index (χ1n) is 7.70. The van der Waals surface area contributed by atoms with Crippen LogP contribution in [-0.2, 0) is 0 Å². The van der Waals surface area contributed by atoms with E-state index >= 15 is 0 Å². The van der Waals surface area contributed by atoms with E-state index in [1.54, 1.807) is 0 Å². The number of rotatable bonds is 6. The molecule has 0 aromatic carbocycles. The van der Waals surface area contributed by atoms with Crippen molar-refractivity contribution < 1.29 is 5.11 Å². The van der Waals surface area contributed by atoms with Crippen LogP contribution in [0.15, 0.2) is 0 Å². The lowest BCUT2D eigenvalue weighted by atomic mass is 9.70. The Bertz CT molecular complexity index is 237. The molecule has 0 spiro atoms. The van der Waals surface area contributed by atoms with Crippen molar-refractivity contribution in [3.63, 3.8) is 0 Å². The summed E-state index contributed by atoms with van der Waals surface area (Å²) in [6.07, 6.45) is 6.01. The van der Waals surface area contributed by atoms with Crippen LogP contribution in [0.1, 0.15) is 66.7 Å². The van der Waals surface area contributed by atoms with Crippen molar-refractivity contribution in [3.8, 4) is 0 Å². The van der Waals surface area contributed by atoms with Crippen molar-refractivity contribution in [2.75, 3.05) is 13.2 Å². The average Bonchev–Trinajstić information content (AvgIpc) is 2.29. The maximum Gasteiger partial charge on any atom is 0.0499 e. The summed E-state index contributed by atoms with van der Waals surface area (Å²) in [7, 11) is 0. The highest BCUT2D eigenvalue weighted by molar-refractivity contribution is 4.88. The zero-order valence-corrected chi connectivity index (χ0v) is 13.1. The van der Waals surface area contributed by atoms with Crippen LogP contribution >= 0.6 is 0 Å². The molecule has 1 fully saturated rings. The third kappa shape index (κ3) is 4.24. The maximum absolute atomic E-state index is 9.62. The van der Waals surface area contributed by atoms with Crippen LogP contribution in [0.2, 0.25) is 0 Å². The number of hydrogen-bond donors (Lipinski definition) is 2. The van der Waals surface area contributed by atoms with Crippen molar-refractivity contribution in [2.45, 2.75) is 72.8 Å². The first-order valence-corrected chi connectivity index (χ1v) is 7.70. The van der Waals surface area contributed by atoms with E-state index in [4.69, 9.17) is 0 Å². The SMILES string of the molecule is CCC(CC)(CO)CNC1CC(C)CC(C)(C)C1. The molecular formula is C16H33NO. The van der Waals surface area contributed by atoms with Crippen molar-refractivity contribution in [1.82, 2.24) is 5.32 Å². The fraction of sp³-hybridized carbons (Fsp3) is 1.00. The molecule has 0 radical (unpaired) electrons. The van der Waals surface area contributed by atoms with Crippen LogP contribution in [0.5, 0.6) is 0 Å². The van der Waals surface area contributed by atoms with Gasteiger partial charge >= 0.3 is 0 Å². The number of aliphatic hydroxyl groups excluding tert-OH is 1. The number of aliphatic hydroxyl groups is 1. The molecule has 0 aliphatic heterocycles. The predicted molar refractivity (Wildman–Crippen MR) is 78.7 cm³/mol. The molecule has 0 saturated heterocycles. The molecule has 18 heavy (non-hydrogen) atoms. The summed E-state index contributed by atoms with van der Waals surface area (Å²) >= 11 is 0. The minimum absolute atomic E-state index is 0.0881. The molecule has 2 unspecified atom stereocenters. The van der Waals surface area contributed by atoms with E-state index in [0.29, 0.717) is 18.1 Å². The van der Waals surface area contributed by atoms with Crippen molar-refractivity contribution in [1.29, 1.82) is 0 Å². The van der Waals surface area contributed by atoms with Gasteiger partial charge in [0.15, 0.2) is 0 Å². The molecule has 0 aromatic heterocycles. The van der Waals surface area contributed by atoms with Gasteiger partial charge in [0.05, 0.1) is 0 Å². The smallest absolute Gasteiger partial charge is 0.0499 e. The lowest BCUT2D eigenvalue weighted by Crippen LogP contribution is -2.45. The van der Waals surface area contributed by atoms with E-state index in [0.717, 1.165) is 25.3 Å². The summed E-state index contributed by atoms with van der Waals surface area (Å²) in [5.74, 6) is 0.818. The molecule has 1 rings (SSSR count). The summed E-state index contributed by atoms with van der Waals surface area (Å²) in [5.41, 5.74) is 0.556. The van der Waals surface area contributed by atoms with Crippen LogP contribution < -0.4 is 5.32 Å². The lowest BCUT2D eigenvalue weighted by molar-refractivity contribution is 0.0930. The molecule has 2 atom stereocenters. The van der Waals surface area contributed by atoms with E-state index in [-0.39, 0.29) is 5.41 Å². The molecular weight excluding hydrogens is 222 g/mol. The molecule has 2 N–H and O–H groups in total. The first kappa shape index (κ1) is 16.0. The molecule has 0 heterocycles. The minimum Gasteiger partial charge on any atom is -0.396 e. The van der Waals surface area contributed by atoms with Crippen molar-refractivity contribution in [3.05, 3.63) is 0 Å². The Morgan fingerprint density at radius 3 is 2.28 bits per heavy atom. The van der Waals surface area contributed by atoms with Crippen LogP contribution in [0.25, 0.3) is 0 Å². The molecule has 2 nitrogen and oxygen atoms in total. The van der Waals surface area contributed by atoms with Crippen molar-refractivity contribution in [2.24, 2.45) is 16.7 Å². The maximum atomic E-state index is 9.62. The highest BCUT2D eigenvalue weighted by Gasteiger charge is 2.33. The first-order chi connectivity index (χ1) is 8.36. The van der Waals surface area contributed by atoms with Gasteiger partial charge in [-0.3, -0.25) is 0 Å². The van der Waals surface area contributed by atoms with Gasteiger partial charge in [0.2, 0.25) is 0 Å². The molecule has 1 aliphatic rings. The molecule has 0 aromatic rings. The Balaban J connectivity index is 2.52. The second-order valence-electron chi connectivity index (χ2n) is 7.36. The number of nitrogens with one attached hydrogen (secondary N) is 1. The summed E-state index contributed by atoms with van der Waals surface area (Å²) in [4.78, 5) is 0. The Hall–Kier alpha value is -0.0800. The largest absolute Gasteiger partial charge is 0.396 e. The van der Waals surface area contributed by atoms with Crippen LogP contribution in [0.4, 0.5) is 0 Å². The fourth-order valence-corrected chi connectivity index (χ4v) is 3.64. The van der Waals surface area contributed by atoms with E-state index in [1.165, 1.54) is 19.3 Å². The second-order valence-corrected chi connectivity index (χ2v) is 7.36. The van der Waals surface area contributed by atoms with Gasteiger partial charge in [0.1, 0.15) is 0 Å². The van der Waals surface area contributed by atoms with E-state index < -0.39 is 0 Å². The number of hydrogen-bond acceptors (Lipinski definition) is 2. The zero-order chi connectivity index (χ0) is 13.8. The van der Waals surface area contributed by atoms with Crippen LogP contribution in [0, 0.1) is 16.7 Å². The second kappa shape index (κ2) is 6.38. The van der Waals surface area contributed by atoms with Gasteiger partial charge in [-0.05, 0) is 43.4 Å². The molecule has 1 saturated carbocycles. The van der Waals surface area contributed by atoms with Crippen LogP contribution in [-0.4, -0.2) is 24.3 Å². The Labute approximate surface area is 114 Å². The van der Waals surface area contributed by atoms with Gasteiger partial charge in [-0.2, -0.15) is 0 Å². The molecule has 0 amide bonds. The quantitative estimate of drug-likeness (QED) is 0.760. The average molecular weight is 255 g/mol. The van der Waals surface area contributed by atoms with Gasteiger partial charge in [-0.25, -0.2) is 0 Å². The lowest BCUT2D eigenvalue weighted by Gasteiger charge is -2.41.